The van der Waals surface area contributed by atoms with Crippen molar-refractivity contribution >= 4 is 11.6 Å². The summed E-state index contributed by atoms with van der Waals surface area (Å²) in [5.74, 6) is 2.28. The van der Waals surface area contributed by atoms with Crippen molar-refractivity contribution in [3.63, 3.8) is 0 Å². The molecule has 0 aliphatic carbocycles. The summed E-state index contributed by atoms with van der Waals surface area (Å²) >= 11 is 0. The fourth-order valence-corrected chi connectivity index (χ4v) is 2.49. The zero-order valence-electron chi connectivity index (χ0n) is 11.4. The van der Waals surface area contributed by atoms with Gasteiger partial charge in [-0.3, -0.25) is 0 Å². The van der Waals surface area contributed by atoms with Gasteiger partial charge in [-0.2, -0.15) is 4.98 Å². The van der Waals surface area contributed by atoms with Crippen molar-refractivity contribution in [2.45, 2.75) is 12.3 Å². The van der Waals surface area contributed by atoms with Crippen molar-refractivity contribution in [1.29, 1.82) is 0 Å². The van der Waals surface area contributed by atoms with Gasteiger partial charge in [0.25, 0.3) is 5.89 Å². The Morgan fingerprint density at radius 2 is 2.14 bits per heavy atom. The summed E-state index contributed by atoms with van der Waals surface area (Å²) in [7, 11) is 0. The van der Waals surface area contributed by atoms with E-state index in [1.807, 2.05) is 36.4 Å². The molecule has 0 bridgehead atoms. The van der Waals surface area contributed by atoms with E-state index in [1.165, 1.54) is 0 Å². The molecule has 21 heavy (non-hydrogen) atoms. The molecule has 1 aromatic carbocycles. The number of rotatable bonds is 2. The molecule has 1 aromatic heterocycles. The van der Waals surface area contributed by atoms with Crippen molar-refractivity contribution in [3.8, 4) is 5.75 Å². The second-order valence-electron chi connectivity index (χ2n) is 5.08. The number of ether oxygens (including phenoxy) is 2. The second kappa shape index (κ2) is 5.18. The summed E-state index contributed by atoms with van der Waals surface area (Å²) in [6.07, 6.45) is 6.41. The average Bonchev–Trinajstić information content (AvgIpc) is 3.14. The summed E-state index contributed by atoms with van der Waals surface area (Å²) in [5, 5.41) is 4.08. The number of nitrogens with zero attached hydrogens (tertiary/aromatic N) is 2. The Balaban J connectivity index is 1.68. The number of benzene rings is 1. The van der Waals surface area contributed by atoms with E-state index in [0.29, 0.717) is 12.5 Å². The standard InChI is InChI=1S/C16H14N2O3/c1-2-4-14-11(3-1)9-12(6-8-20-14)16-17-15(18-21-16)13-5-7-19-10-13/h1-4,6,8-9,13H,5,7,10H2. The fourth-order valence-electron chi connectivity index (χ4n) is 2.49. The Hall–Kier alpha value is -2.40. The van der Waals surface area contributed by atoms with Gasteiger partial charge in [0.1, 0.15) is 5.75 Å². The van der Waals surface area contributed by atoms with E-state index in [4.69, 9.17) is 14.0 Å². The zero-order chi connectivity index (χ0) is 14.1. The molecule has 2 aliphatic heterocycles. The maximum Gasteiger partial charge on any atom is 0.258 e. The minimum atomic E-state index is 0.237. The molecular formula is C16H14N2O3. The van der Waals surface area contributed by atoms with Crippen LogP contribution in [0, 0.1) is 0 Å². The molecule has 1 atom stereocenters. The van der Waals surface area contributed by atoms with Gasteiger partial charge in [-0.1, -0.05) is 23.4 Å². The quantitative estimate of drug-likeness (QED) is 0.847. The first-order valence-electron chi connectivity index (χ1n) is 6.96. The lowest BCUT2D eigenvalue weighted by Crippen LogP contribution is -1.99. The highest BCUT2D eigenvalue weighted by molar-refractivity contribution is 5.86. The van der Waals surface area contributed by atoms with Crippen LogP contribution in [0.5, 0.6) is 5.75 Å². The molecule has 4 rings (SSSR count). The number of aromatic nitrogens is 2. The van der Waals surface area contributed by atoms with Crippen molar-refractivity contribution in [2.75, 3.05) is 13.2 Å². The SMILES string of the molecule is C1=CC(c2nc(C3CCOC3)no2)=Cc2ccccc2O1. The molecule has 106 valence electrons. The van der Waals surface area contributed by atoms with E-state index >= 15 is 0 Å². The van der Waals surface area contributed by atoms with Crippen LogP contribution in [-0.2, 0) is 4.74 Å². The molecule has 1 saturated heterocycles. The summed E-state index contributed by atoms with van der Waals surface area (Å²) in [6, 6.07) is 7.83. The molecule has 5 nitrogen and oxygen atoms in total. The van der Waals surface area contributed by atoms with Crippen molar-refractivity contribution in [1.82, 2.24) is 10.1 Å². The summed E-state index contributed by atoms with van der Waals surface area (Å²) in [4.78, 5) is 4.50. The molecular weight excluding hydrogens is 268 g/mol. The van der Waals surface area contributed by atoms with E-state index in [0.717, 1.165) is 35.7 Å². The topological polar surface area (TPSA) is 57.4 Å². The minimum Gasteiger partial charge on any atom is -0.464 e. The lowest BCUT2D eigenvalue weighted by molar-refractivity contribution is 0.192. The van der Waals surface area contributed by atoms with Crippen LogP contribution in [0.2, 0.25) is 0 Å². The summed E-state index contributed by atoms with van der Waals surface area (Å²) in [6.45, 7) is 1.43. The molecule has 0 N–H and O–H groups in total. The maximum atomic E-state index is 5.56. The normalized spacial score (nSPS) is 20.6. The third-order valence-electron chi connectivity index (χ3n) is 3.66. The molecule has 2 aliphatic rings. The van der Waals surface area contributed by atoms with Gasteiger partial charge in [0, 0.05) is 23.7 Å². The van der Waals surface area contributed by atoms with Gasteiger partial charge < -0.3 is 14.0 Å². The van der Waals surface area contributed by atoms with Gasteiger partial charge in [0.05, 0.1) is 12.9 Å². The summed E-state index contributed by atoms with van der Waals surface area (Å²) < 4.78 is 16.3. The van der Waals surface area contributed by atoms with Crippen LogP contribution in [0.4, 0.5) is 0 Å². The van der Waals surface area contributed by atoms with Crippen molar-refractivity contribution in [2.24, 2.45) is 0 Å². The van der Waals surface area contributed by atoms with Crippen LogP contribution in [0.1, 0.15) is 29.6 Å². The third kappa shape index (κ3) is 2.36. The first kappa shape index (κ1) is 12.3. The van der Waals surface area contributed by atoms with Crippen LogP contribution in [0.25, 0.3) is 11.6 Å². The molecule has 0 amide bonds. The third-order valence-corrected chi connectivity index (χ3v) is 3.66. The predicted octanol–water partition coefficient (Wildman–Crippen LogP) is 3.02. The first-order valence-corrected chi connectivity index (χ1v) is 6.96. The highest BCUT2D eigenvalue weighted by Gasteiger charge is 2.24. The van der Waals surface area contributed by atoms with Gasteiger partial charge in [-0.05, 0) is 24.6 Å². The first-order chi connectivity index (χ1) is 10.4. The monoisotopic (exact) mass is 282 g/mol. The molecule has 0 radical (unpaired) electrons. The fraction of sp³-hybridized carbons (Fsp3) is 0.250. The Morgan fingerprint density at radius 3 is 3.05 bits per heavy atom. The maximum absolute atomic E-state index is 5.56. The highest BCUT2D eigenvalue weighted by Crippen LogP contribution is 2.29. The lowest BCUT2D eigenvalue weighted by Gasteiger charge is -2.01. The van der Waals surface area contributed by atoms with Gasteiger partial charge in [-0.15, -0.1) is 0 Å². The minimum absolute atomic E-state index is 0.237. The predicted molar refractivity (Wildman–Crippen MR) is 76.6 cm³/mol. The number of allylic oxidation sites excluding steroid dienone is 2. The number of hydrogen-bond acceptors (Lipinski definition) is 5. The van der Waals surface area contributed by atoms with E-state index in [2.05, 4.69) is 10.1 Å². The zero-order valence-corrected chi connectivity index (χ0v) is 11.4. The Morgan fingerprint density at radius 1 is 1.19 bits per heavy atom. The average molecular weight is 282 g/mol. The number of fused-ring (bicyclic) bond motifs is 1. The van der Waals surface area contributed by atoms with Gasteiger partial charge in [0.15, 0.2) is 5.82 Å². The molecule has 5 heteroatoms. The number of hydrogen-bond donors (Lipinski definition) is 0. The van der Waals surface area contributed by atoms with E-state index in [9.17, 15) is 0 Å². The Kier molecular flexibility index (Phi) is 3.05. The molecule has 2 aromatic rings. The van der Waals surface area contributed by atoms with E-state index < -0.39 is 0 Å². The molecule has 0 spiro atoms. The van der Waals surface area contributed by atoms with Gasteiger partial charge >= 0.3 is 0 Å². The Labute approximate surface area is 121 Å². The molecule has 3 heterocycles. The van der Waals surface area contributed by atoms with Crippen molar-refractivity contribution < 1.29 is 14.0 Å². The molecule has 1 unspecified atom stereocenters. The number of para-hydroxylation sites is 1. The Bertz CT molecular complexity index is 712. The van der Waals surface area contributed by atoms with E-state index in [-0.39, 0.29) is 5.92 Å². The van der Waals surface area contributed by atoms with Crippen LogP contribution in [0.15, 0.2) is 41.1 Å². The van der Waals surface area contributed by atoms with E-state index in [1.54, 1.807) is 6.26 Å². The second-order valence-corrected chi connectivity index (χ2v) is 5.08. The van der Waals surface area contributed by atoms with Crippen molar-refractivity contribution in [3.05, 3.63) is 53.9 Å². The van der Waals surface area contributed by atoms with Gasteiger partial charge in [-0.25, -0.2) is 0 Å². The molecule has 1 fully saturated rings. The largest absolute Gasteiger partial charge is 0.464 e. The van der Waals surface area contributed by atoms with Crippen LogP contribution in [-0.4, -0.2) is 23.4 Å². The smallest absolute Gasteiger partial charge is 0.258 e. The summed E-state index contributed by atoms with van der Waals surface area (Å²) in [5.41, 5.74) is 1.83. The highest BCUT2D eigenvalue weighted by atomic mass is 16.5. The van der Waals surface area contributed by atoms with Crippen LogP contribution < -0.4 is 4.74 Å². The van der Waals surface area contributed by atoms with Gasteiger partial charge in [0.2, 0.25) is 0 Å². The van der Waals surface area contributed by atoms with Crippen LogP contribution in [0.3, 0.4) is 0 Å². The lowest BCUT2D eigenvalue weighted by atomic mass is 10.1. The molecule has 0 saturated carbocycles. The van der Waals surface area contributed by atoms with Crippen LogP contribution >= 0.6 is 0 Å².